The molecule has 0 aliphatic rings. The molecule has 0 saturated heterocycles. The van der Waals surface area contributed by atoms with Crippen LogP contribution in [-0.4, -0.2) is 36.9 Å². The number of aryl methyl sites for hydroxylation is 1. The van der Waals surface area contributed by atoms with Crippen molar-refractivity contribution in [1.29, 1.82) is 0 Å². The monoisotopic (exact) mass is 461 g/mol. The molecule has 4 heterocycles. The summed E-state index contributed by atoms with van der Waals surface area (Å²) >= 11 is 0. The fourth-order valence-corrected chi connectivity index (χ4v) is 4.13. The van der Waals surface area contributed by atoms with Crippen LogP contribution in [-0.2, 0) is 0 Å². The summed E-state index contributed by atoms with van der Waals surface area (Å²) in [6, 6.07) is 14.7. The zero-order valence-electron chi connectivity index (χ0n) is 20.2. The lowest BCUT2D eigenvalue weighted by Gasteiger charge is -2.11. The van der Waals surface area contributed by atoms with E-state index in [9.17, 15) is 0 Å². The van der Waals surface area contributed by atoms with Crippen LogP contribution in [0.25, 0.3) is 33.3 Å². The maximum atomic E-state index is 5.04. The summed E-state index contributed by atoms with van der Waals surface area (Å²) in [5, 5.41) is 11.9. The number of aliphatic imine (C=N–C) groups is 1. The standard InChI is InChI=1S/C28H27N7/c1-17(2)32-23-11-21(14-30-16-23)22-12-25-27(34-35-28(25)31-15-22)19(4)33-26-18(3)7-5-9-24(26)20-8-6-10-29-13-20/h5-17,32H,1-4H3,(H,31,34,35). The normalized spacial score (nSPS) is 11.9. The summed E-state index contributed by atoms with van der Waals surface area (Å²) in [5.41, 5.74) is 9.35. The Bertz CT molecular complexity index is 1520. The number of benzene rings is 1. The first-order valence-electron chi connectivity index (χ1n) is 11.6. The van der Waals surface area contributed by atoms with Crippen LogP contribution in [0.5, 0.6) is 0 Å². The number of anilines is 1. The molecule has 7 heteroatoms. The SMILES string of the molecule is CC(=Nc1c(C)cccc1-c1cccnc1)c1[nH]nc2ncc(-c3cncc(NC(C)C)c3)cc12. The Balaban J connectivity index is 1.57. The average Bonchev–Trinajstić information content (AvgIpc) is 3.29. The summed E-state index contributed by atoms with van der Waals surface area (Å²) in [4.78, 5) is 18.3. The highest BCUT2D eigenvalue weighted by molar-refractivity contribution is 6.09. The number of aromatic nitrogens is 5. The molecule has 0 spiro atoms. The van der Waals surface area contributed by atoms with Crippen LogP contribution in [0, 0.1) is 6.92 Å². The third-order valence-electron chi connectivity index (χ3n) is 5.79. The van der Waals surface area contributed by atoms with Gasteiger partial charge in [-0.3, -0.25) is 20.1 Å². The molecule has 7 nitrogen and oxygen atoms in total. The van der Waals surface area contributed by atoms with Crippen molar-refractivity contribution >= 4 is 28.1 Å². The molecule has 5 rings (SSSR count). The first-order valence-corrected chi connectivity index (χ1v) is 11.6. The highest BCUT2D eigenvalue weighted by Gasteiger charge is 2.14. The Morgan fingerprint density at radius 3 is 2.57 bits per heavy atom. The van der Waals surface area contributed by atoms with E-state index in [2.05, 4.69) is 75.5 Å². The van der Waals surface area contributed by atoms with Gasteiger partial charge < -0.3 is 5.32 Å². The maximum absolute atomic E-state index is 5.04. The number of H-pyrrole nitrogens is 1. The molecule has 4 aromatic heterocycles. The number of nitrogens with one attached hydrogen (secondary N) is 2. The number of pyridine rings is 3. The molecule has 35 heavy (non-hydrogen) atoms. The van der Waals surface area contributed by atoms with Gasteiger partial charge in [-0.25, -0.2) is 4.98 Å². The van der Waals surface area contributed by atoms with E-state index in [1.807, 2.05) is 49.9 Å². The molecular formula is C28H27N7. The number of rotatable bonds is 6. The van der Waals surface area contributed by atoms with E-state index in [4.69, 9.17) is 4.99 Å². The number of aromatic amines is 1. The summed E-state index contributed by atoms with van der Waals surface area (Å²) < 4.78 is 0. The molecule has 2 N–H and O–H groups in total. The Hall–Kier alpha value is -4.39. The lowest BCUT2D eigenvalue weighted by molar-refractivity contribution is 0.898. The van der Waals surface area contributed by atoms with Crippen molar-refractivity contribution in [3.8, 4) is 22.3 Å². The summed E-state index contributed by atoms with van der Waals surface area (Å²) in [5.74, 6) is 0. The topological polar surface area (TPSA) is 91.7 Å². The van der Waals surface area contributed by atoms with Gasteiger partial charge in [-0.2, -0.15) is 5.10 Å². The van der Waals surface area contributed by atoms with Crippen molar-refractivity contribution in [2.75, 3.05) is 5.32 Å². The second-order valence-corrected chi connectivity index (χ2v) is 8.87. The number of nitrogens with zero attached hydrogens (tertiary/aromatic N) is 5. The molecule has 0 bridgehead atoms. The van der Waals surface area contributed by atoms with E-state index >= 15 is 0 Å². The zero-order valence-corrected chi connectivity index (χ0v) is 20.2. The maximum Gasteiger partial charge on any atom is 0.181 e. The number of para-hydroxylation sites is 1. The van der Waals surface area contributed by atoms with E-state index < -0.39 is 0 Å². The molecule has 5 aromatic rings. The van der Waals surface area contributed by atoms with Crippen LogP contribution < -0.4 is 5.32 Å². The van der Waals surface area contributed by atoms with Crippen molar-refractivity contribution in [3.63, 3.8) is 0 Å². The fraction of sp³-hybridized carbons (Fsp3) is 0.179. The molecular weight excluding hydrogens is 434 g/mol. The largest absolute Gasteiger partial charge is 0.382 e. The summed E-state index contributed by atoms with van der Waals surface area (Å²) in [7, 11) is 0. The predicted molar refractivity (Wildman–Crippen MR) is 142 cm³/mol. The van der Waals surface area contributed by atoms with Crippen LogP contribution in [0.2, 0.25) is 0 Å². The third kappa shape index (κ3) is 4.66. The lowest BCUT2D eigenvalue weighted by atomic mass is 10.0. The van der Waals surface area contributed by atoms with Crippen molar-refractivity contribution in [3.05, 3.63) is 84.7 Å². The zero-order chi connectivity index (χ0) is 24.4. The second-order valence-electron chi connectivity index (χ2n) is 8.87. The van der Waals surface area contributed by atoms with E-state index in [-0.39, 0.29) is 0 Å². The number of hydrogen-bond acceptors (Lipinski definition) is 6. The smallest absolute Gasteiger partial charge is 0.181 e. The Labute approximate surface area is 204 Å². The molecule has 1 aromatic carbocycles. The fourth-order valence-electron chi connectivity index (χ4n) is 4.13. The minimum Gasteiger partial charge on any atom is -0.382 e. The van der Waals surface area contributed by atoms with Gasteiger partial charge in [-0.05, 0) is 51.5 Å². The average molecular weight is 462 g/mol. The molecule has 0 atom stereocenters. The van der Waals surface area contributed by atoms with E-state index in [0.717, 1.165) is 56.0 Å². The minimum absolute atomic E-state index is 0.324. The van der Waals surface area contributed by atoms with Crippen molar-refractivity contribution in [2.45, 2.75) is 33.7 Å². The molecule has 0 aliphatic carbocycles. The molecule has 0 unspecified atom stereocenters. The summed E-state index contributed by atoms with van der Waals surface area (Å²) in [6.07, 6.45) is 9.15. The molecule has 174 valence electrons. The third-order valence-corrected chi connectivity index (χ3v) is 5.79. The van der Waals surface area contributed by atoms with Gasteiger partial charge in [0.2, 0.25) is 0 Å². The first-order chi connectivity index (χ1) is 17.0. The Morgan fingerprint density at radius 2 is 1.77 bits per heavy atom. The van der Waals surface area contributed by atoms with Crippen molar-refractivity contribution in [2.24, 2.45) is 4.99 Å². The van der Waals surface area contributed by atoms with E-state index in [0.29, 0.717) is 11.7 Å². The Kier molecular flexibility index (Phi) is 6.06. The van der Waals surface area contributed by atoms with Crippen LogP contribution in [0.15, 0.2) is 78.4 Å². The first kappa shape index (κ1) is 22.4. The number of hydrogen-bond donors (Lipinski definition) is 2. The molecule has 0 amide bonds. The van der Waals surface area contributed by atoms with Gasteiger partial charge in [0.05, 0.1) is 22.8 Å². The van der Waals surface area contributed by atoms with Crippen molar-refractivity contribution < 1.29 is 0 Å². The number of fused-ring (bicyclic) bond motifs is 1. The van der Waals surface area contributed by atoms with Crippen LogP contribution in [0.4, 0.5) is 11.4 Å². The second kappa shape index (κ2) is 9.46. The van der Waals surface area contributed by atoms with Crippen LogP contribution in [0.3, 0.4) is 0 Å². The van der Waals surface area contributed by atoms with Crippen LogP contribution >= 0.6 is 0 Å². The predicted octanol–water partition coefficient (Wildman–Crippen LogP) is 6.35. The van der Waals surface area contributed by atoms with Gasteiger partial charge in [-0.15, -0.1) is 0 Å². The van der Waals surface area contributed by atoms with E-state index in [1.54, 1.807) is 6.20 Å². The van der Waals surface area contributed by atoms with Gasteiger partial charge in [0.15, 0.2) is 5.65 Å². The summed E-state index contributed by atoms with van der Waals surface area (Å²) in [6.45, 7) is 8.28. The molecule has 0 fully saturated rings. The van der Waals surface area contributed by atoms with Gasteiger partial charge in [0.25, 0.3) is 0 Å². The van der Waals surface area contributed by atoms with Crippen LogP contribution in [0.1, 0.15) is 32.0 Å². The molecule has 0 saturated carbocycles. The quantitative estimate of drug-likeness (QED) is 0.287. The Morgan fingerprint density at radius 1 is 0.943 bits per heavy atom. The molecule has 0 aliphatic heterocycles. The molecule has 0 radical (unpaired) electrons. The van der Waals surface area contributed by atoms with Gasteiger partial charge in [0, 0.05) is 64.7 Å². The lowest BCUT2D eigenvalue weighted by Crippen LogP contribution is -2.09. The van der Waals surface area contributed by atoms with Gasteiger partial charge >= 0.3 is 0 Å². The van der Waals surface area contributed by atoms with Gasteiger partial charge in [-0.1, -0.05) is 24.3 Å². The highest BCUT2D eigenvalue weighted by Crippen LogP contribution is 2.34. The van der Waals surface area contributed by atoms with Gasteiger partial charge in [0.1, 0.15) is 0 Å². The minimum atomic E-state index is 0.324. The van der Waals surface area contributed by atoms with Crippen molar-refractivity contribution in [1.82, 2.24) is 25.1 Å². The highest BCUT2D eigenvalue weighted by atomic mass is 15.2. The van der Waals surface area contributed by atoms with E-state index in [1.165, 1.54) is 0 Å².